The molecule has 0 unspecified atom stereocenters. The summed E-state index contributed by atoms with van der Waals surface area (Å²) < 4.78 is 1.48. The second-order valence-electron chi connectivity index (χ2n) is 11.4. The molecule has 248 valence electrons. The molecule has 1 N–H and O–H groups in total. The zero-order valence-corrected chi connectivity index (χ0v) is 33.8. The van der Waals surface area contributed by atoms with Gasteiger partial charge in [0, 0.05) is 17.8 Å². The first-order valence-electron chi connectivity index (χ1n) is 14.2. The van der Waals surface area contributed by atoms with Crippen molar-refractivity contribution < 1.29 is 4.74 Å². The predicted octanol–water partition coefficient (Wildman–Crippen LogP) is 5.54. The third kappa shape index (κ3) is 6.82. The van der Waals surface area contributed by atoms with Crippen molar-refractivity contribution in [2.24, 2.45) is 0 Å². The van der Waals surface area contributed by atoms with E-state index in [0.29, 0.717) is 29.3 Å². The maximum atomic E-state index is 6.21. The number of hydrogen-bond acceptors (Lipinski definition) is 16. The number of ether oxygens (including phenoxy) is 1. The topological polar surface area (TPSA) is 68.1 Å². The highest BCUT2D eigenvalue weighted by Gasteiger charge is 2.81. The van der Waals surface area contributed by atoms with Gasteiger partial charge in [0.2, 0.25) is 0 Å². The molecule has 0 radical (unpaired) electrons. The van der Waals surface area contributed by atoms with E-state index >= 15 is 0 Å². The van der Waals surface area contributed by atoms with Crippen molar-refractivity contribution in [1.29, 1.82) is 0 Å². The fourth-order valence-electron chi connectivity index (χ4n) is 5.24. The molecule has 0 atom stereocenters. The zero-order valence-electron chi connectivity index (χ0n) is 24.9. The highest BCUT2D eigenvalue weighted by atomic mass is 32.2. The predicted molar refractivity (Wildman–Crippen MR) is 220 cm³/mol. The summed E-state index contributed by atoms with van der Waals surface area (Å²) in [6, 6.07) is 10.1. The van der Waals surface area contributed by atoms with E-state index in [-0.39, 0.29) is 6.61 Å². The van der Waals surface area contributed by atoms with Crippen molar-refractivity contribution in [2.75, 3.05) is 26.7 Å². The average molecular weight is 805 g/mol. The van der Waals surface area contributed by atoms with Crippen LogP contribution in [0.15, 0.2) is 47.9 Å². The van der Waals surface area contributed by atoms with E-state index in [1.807, 2.05) is 41.8 Å². The molecule has 1 aliphatic heterocycles. The molecule has 0 amide bonds. The van der Waals surface area contributed by atoms with E-state index in [0.717, 1.165) is 42.7 Å². The summed E-state index contributed by atoms with van der Waals surface area (Å²) in [5, 5.41) is 13.0. The van der Waals surface area contributed by atoms with E-state index in [1.165, 1.54) is 11.8 Å². The number of hydrogen-bond donors (Lipinski definition) is 10. The Morgan fingerprint density at radius 3 is 2.24 bits per heavy atom. The van der Waals surface area contributed by atoms with Crippen LogP contribution in [0, 0.1) is 18.8 Å². The van der Waals surface area contributed by atoms with Crippen LogP contribution in [-0.2, 0) is 6.61 Å². The van der Waals surface area contributed by atoms with Crippen molar-refractivity contribution in [3.63, 3.8) is 0 Å². The Morgan fingerprint density at radius 1 is 0.957 bits per heavy atom. The van der Waals surface area contributed by atoms with Crippen molar-refractivity contribution in [2.45, 2.75) is 58.0 Å². The molecule has 5 rings (SSSR count). The molecule has 3 aromatic rings. The van der Waals surface area contributed by atoms with Crippen molar-refractivity contribution in [3.8, 4) is 23.3 Å². The number of piperidine rings is 1. The summed E-state index contributed by atoms with van der Waals surface area (Å²) in [5.41, 5.74) is 2.70. The zero-order chi connectivity index (χ0) is 33.5. The summed E-state index contributed by atoms with van der Waals surface area (Å²) in [6.45, 7) is 5.06. The molecule has 46 heavy (non-hydrogen) atoms. The normalized spacial score (nSPS) is 21.5. The molecule has 2 fully saturated rings. The lowest BCUT2D eigenvalue weighted by Crippen LogP contribution is -2.49. The minimum atomic E-state index is -1.33. The molecule has 2 aliphatic rings. The Bertz CT molecular complexity index is 1590. The van der Waals surface area contributed by atoms with Crippen LogP contribution in [0.1, 0.15) is 29.8 Å². The number of thioether (sulfide) groups is 1. The summed E-state index contributed by atoms with van der Waals surface area (Å²) in [4.78, 5) is 6.66. The van der Waals surface area contributed by atoms with E-state index in [9.17, 15) is 0 Å². The molecule has 2 aromatic heterocycles. The van der Waals surface area contributed by atoms with Crippen LogP contribution in [0.3, 0.4) is 0 Å². The monoisotopic (exact) mass is 804 g/mol. The van der Waals surface area contributed by atoms with Crippen molar-refractivity contribution in [3.05, 3.63) is 59.7 Å². The Labute approximate surface area is 324 Å². The first kappa shape index (κ1) is 37.5. The quantitative estimate of drug-likeness (QED) is 0.0835. The number of nitrogens with zero attached hydrogens (tertiary/aromatic N) is 5. The molecule has 1 aromatic carbocycles. The summed E-state index contributed by atoms with van der Waals surface area (Å²) in [5.74, 6) is 7.78. The number of aryl methyl sites for hydroxylation is 1. The van der Waals surface area contributed by atoms with Crippen LogP contribution in [0.4, 0.5) is 0 Å². The lowest BCUT2D eigenvalue weighted by Gasteiger charge is -2.43. The lowest BCUT2D eigenvalue weighted by atomic mass is 10.1. The molecule has 7 nitrogen and oxygen atoms in total. The first-order chi connectivity index (χ1) is 21.5. The van der Waals surface area contributed by atoms with Gasteiger partial charge in [-0.05, 0) is 75.8 Å². The van der Waals surface area contributed by atoms with E-state index in [4.69, 9.17) is 118 Å². The van der Waals surface area contributed by atoms with Gasteiger partial charge >= 0.3 is 0 Å². The molecule has 3 heterocycles. The Hall–Kier alpha value is 0.290. The van der Waals surface area contributed by atoms with Crippen molar-refractivity contribution >= 4 is 125 Å². The molecule has 1 saturated carbocycles. The number of likely N-dealkylation sites (tertiary alicyclic amines) is 1. The minimum absolute atomic E-state index is 0.124. The number of rotatable bonds is 8. The van der Waals surface area contributed by atoms with Gasteiger partial charge in [0.25, 0.3) is 0 Å². The largest absolute Gasteiger partial charge is 0.486 e. The van der Waals surface area contributed by atoms with Gasteiger partial charge in [-0.3, -0.25) is 9.55 Å². The van der Waals surface area contributed by atoms with Gasteiger partial charge in [0.05, 0.1) is 18.4 Å². The van der Waals surface area contributed by atoms with Gasteiger partial charge in [-0.15, -0.1) is 10.2 Å². The summed E-state index contributed by atoms with van der Waals surface area (Å²) in [6.07, 6.45) is 5.71. The summed E-state index contributed by atoms with van der Waals surface area (Å²) in [7, 11) is 2.17. The van der Waals surface area contributed by atoms with Crippen molar-refractivity contribution in [1.82, 2.24) is 30.0 Å². The third-order valence-electron chi connectivity index (χ3n) is 8.23. The fourth-order valence-corrected chi connectivity index (χ4v) is 12.0. The molecule has 0 bridgehead atoms. The molecular formula is C29H36N6OS10. The molecule has 17 heteroatoms. The van der Waals surface area contributed by atoms with Gasteiger partial charge < -0.3 is 15.0 Å². The number of nitrogens with one attached hydrogen (secondary N) is 1. The van der Waals surface area contributed by atoms with Crippen LogP contribution in [0.5, 0.6) is 5.75 Å². The second-order valence-corrected chi connectivity index (χ2v) is 20.3. The third-order valence-corrected chi connectivity index (χ3v) is 19.3. The van der Waals surface area contributed by atoms with E-state index in [1.54, 1.807) is 12.4 Å². The smallest absolute Gasteiger partial charge is 0.197 e. The summed E-state index contributed by atoms with van der Waals surface area (Å²) >= 11 is 44.7. The Morgan fingerprint density at radius 2 is 1.63 bits per heavy atom. The molecule has 1 saturated heterocycles. The lowest BCUT2D eigenvalue weighted by molar-refractivity contribution is 0.238. The SMILES string of the molecule is Cc1cc(OCc2nnc(SC3(S)C(S)(S)C(S)(S)C(S)(S)C3(S)S)n2-c2cccnc2)ccc1C#CCNC1CCN(C)CC1. The number of benzene rings is 1. The molecular weight excluding hydrogens is 769 g/mol. The van der Waals surface area contributed by atoms with Crippen LogP contribution in [-0.4, -0.2) is 77.8 Å². The number of aromatic nitrogens is 4. The van der Waals surface area contributed by atoms with Gasteiger partial charge in [-0.1, -0.05) is 23.6 Å². The van der Waals surface area contributed by atoms with E-state index in [2.05, 4.69) is 44.3 Å². The maximum Gasteiger partial charge on any atom is 0.197 e. The Kier molecular flexibility index (Phi) is 11.8. The Balaban J connectivity index is 1.34. The van der Waals surface area contributed by atoms with Gasteiger partial charge in [-0.2, -0.15) is 114 Å². The van der Waals surface area contributed by atoms with Crippen LogP contribution < -0.4 is 10.1 Å². The number of pyridine rings is 1. The fraction of sp³-hybridized carbons (Fsp3) is 0.483. The first-order valence-corrected chi connectivity index (χ1v) is 19.1. The maximum absolute atomic E-state index is 6.21. The minimum Gasteiger partial charge on any atom is -0.486 e. The number of thiol groups is 9. The highest BCUT2D eigenvalue weighted by molar-refractivity contribution is 8.21. The van der Waals surface area contributed by atoms with Crippen LogP contribution in [0.25, 0.3) is 5.69 Å². The second kappa shape index (κ2) is 14.5. The molecule has 0 spiro atoms. The van der Waals surface area contributed by atoms with Crippen LogP contribution in [0.2, 0.25) is 0 Å². The van der Waals surface area contributed by atoms with Crippen LogP contribution >= 0.6 is 125 Å². The van der Waals surface area contributed by atoms with Gasteiger partial charge in [0.1, 0.15) is 32.8 Å². The highest BCUT2D eigenvalue weighted by Crippen LogP contribution is 2.78. The van der Waals surface area contributed by atoms with Gasteiger partial charge in [0.15, 0.2) is 11.0 Å². The standard InChI is InChI=1S/C29H36N6OS10/c1-18-15-22(8-7-19(18)5-3-12-31-20-9-13-34(2)14-10-20)36-17-23-32-33-24(35(23)21-6-4-11-30-16-21)46-29(45)27(41,42)25(37,38)26(39,40)28(29,43)44/h4,6-8,11,15-16,20,31,37-45H,9-10,12-14,17H2,1-2H3. The average Bonchev–Trinajstić information content (AvgIpc) is 3.43. The molecule has 1 aliphatic carbocycles. The van der Waals surface area contributed by atoms with E-state index < -0.39 is 20.4 Å². The van der Waals surface area contributed by atoms with Gasteiger partial charge in [-0.25, -0.2) is 0 Å².